The highest BCUT2D eigenvalue weighted by Crippen LogP contribution is 2.21. The highest BCUT2D eigenvalue weighted by molar-refractivity contribution is 5.92. The highest BCUT2D eigenvalue weighted by atomic mass is 16.4. The second-order valence-electron chi connectivity index (χ2n) is 5.94. The zero-order chi connectivity index (χ0) is 15.6. The van der Waals surface area contributed by atoms with Crippen LogP contribution < -0.4 is 0 Å². The number of hydrogen-bond acceptors (Lipinski definition) is 4. The molecule has 1 aliphatic heterocycles. The van der Waals surface area contributed by atoms with Crippen LogP contribution in [0.2, 0.25) is 0 Å². The lowest BCUT2D eigenvalue weighted by atomic mass is 10.1. The Morgan fingerprint density at radius 1 is 1.38 bits per heavy atom. The Labute approximate surface area is 126 Å². The summed E-state index contributed by atoms with van der Waals surface area (Å²) in [5, 5.41) is 9.13. The minimum atomic E-state index is -0.0276. The van der Waals surface area contributed by atoms with Crippen LogP contribution in [-0.2, 0) is 6.42 Å². The van der Waals surface area contributed by atoms with Gasteiger partial charge in [0.15, 0.2) is 5.76 Å². The van der Waals surface area contributed by atoms with Crippen LogP contribution in [0.3, 0.4) is 0 Å². The summed E-state index contributed by atoms with van der Waals surface area (Å²) in [5.41, 5.74) is 1.04. The maximum atomic E-state index is 12.6. The largest absolute Gasteiger partial charge is 0.456 e. The first-order chi connectivity index (χ1) is 9.97. The molecule has 0 saturated carbocycles. The third kappa shape index (κ3) is 3.30. The topological polar surface area (TPSA) is 56.9 Å². The molecule has 5 heteroatoms. The molecule has 1 saturated heterocycles. The lowest BCUT2D eigenvalue weighted by Crippen LogP contribution is -2.58. The summed E-state index contributed by atoms with van der Waals surface area (Å²) in [5.74, 6) is 1.30. The van der Waals surface area contributed by atoms with E-state index < -0.39 is 0 Å². The van der Waals surface area contributed by atoms with Crippen LogP contribution in [-0.4, -0.2) is 59.1 Å². The van der Waals surface area contributed by atoms with E-state index >= 15 is 0 Å². The first-order valence-electron chi connectivity index (χ1n) is 7.73. The molecule has 1 aliphatic rings. The Morgan fingerprint density at radius 2 is 2.00 bits per heavy atom. The van der Waals surface area contributed by atoms with Crippen LogP contribution in [0.4, 0.5) is 0 Å². The van der Waals surface area contributed by atoms with E-state index in [-0.39, 0.29) is 24.6 Å². The van der Waals surface area contributed by atoms with Crippen molar-refractivity contribution in [3.05, 3.63) is 23.2 Å². The minimum absolute atomic E-state index is 0.0276. The Hall–Kier alpha value is -1.33. The van der Waals surface area contributed by atoms with Crippen LogP contribution in [0.25, 0.3) is 0 Å². The first-order valence-corrected chi connectivity index (χ1v) is 7.73. The van der Waals surface area contributed by atoms with Gasteiger partial charge in [-0.05, 0) is 32.4 Å². The number of carbonyl (C=O) groups excluding carboxylic acids is 1. The van der Waals surface area contributed by atoms with Gasteiger partial charge < -0.3 is 14.4 Å². The lowest BCUT2D eigenvalue weighted by Gasteiger charge is -2.44. The number of aliphatic hydroxyl groups excluding tert-OH is 1. The van der Waals surface area contributed by atoms with Crippen molar-refractivity contribution in [3.8, 4) is 0 Å². The molecule has 1 amide bonds. The van der Waals surface area contributed by atoms with Gasteiger partial charge >= 0.3 is 0 Å². The first kappa shape index (κ1) is 16.0. The quantitative estimate of drug-likeness (QED) is 0.918. The maximum Gasteiger partial charge on any atom is 0.289 e. The number of β-amino-alcohol motifs (C(OH)–C–C–N with tert-alkyl or cyclic N) is 1. The number of rotatable bonds is 4. The van der Waals surface area contributed by atoms with Crippen molar-refractivity contribution in [1.29, 1.82) is 0 Å². The summed E-state index contributed by atoms with van der Waals surface area (Å²) in [6, 6.07) is 2.33. The van der Waals surface area contributed by atoms with Crippen molar-refractivity contribution < 1.29 is 14.3 Å². The molecule has 118 valence electrons. The van der Waals surface area contributed by atoms with Gasteiger partial charge in [0.1, 0.15) is 5.76 Å². The van der Waals surface area contributed by atoms with E-state index in [0.717, 1.165) is 17.7 Å². The number of piperazine rings is 1. The summed E-state index contributed by atoms with van der Waals surface area (Å²) in [6.07, 6.45) is 0.802. The maximum absolute atomic E-state index is 12.6. The van der Waals surface area contributed by atoms with Crippen LogP contribution in [0.15, 0.2) is 10.5 Å². The molecule has 0 unspecified atom stereocenters. The van der Waals surface area contributed by atoms with E-state index in [9.17, 15) is 4.79 Å². The lowest BCUT2D eigenvalue weighted by molar-refractivity contribution is 0.0218. The fourth-order valence-electron chi connectivity index (χ4n) is 3.21. The number of carbonyl (C=O) groups is 1. The summed E-state index contributed by atoms with van der Waals surface area (Å²) in [6.45, 7) is 10.3. The van der Waals surface area contributed by atoms with Crippen LogP contribution in [0.5, 0.6) is 0 Å². The molecule has 1 aromatic heterocycles. The number of aliphatic hydroxyl groups is 1. The van der Waals surface area contributed by atoms with E-state index in [1.165, 1.54) is 0 Å². The van der Waals surface area contributed by atoms with Gasteiger partial charge in [0.2, 0.25) is 0 Å². The fraction of sp³-hybridized carbons (Fsp3) is 0.688. The zero-order valence-electron chi connectivity index (χ0n) is 13.4. The average Bonchev–Trinajstić information content (AvgIpc) is 2.83. The third-order valence-corrected chi connectivity index (χ3v) is 4.30. The van der Waals surface area contributed by atoms with Crippen molar-refractivity contribution in [3.63, 3.8) is 0 Å². The molecule has 2 heterocycles. The molecule has 21 heavy (non-hydrogen) atoms. The smallest absolute Gasteiger partial charge is 0.289 e. The zero-order valence-corrected chi connectivity index (χ0v) is 13.4. The highest BCUT2D eigenvalue weighted by Gasteiger charge is 2.32. The van der Waals surface area contributed by atoms with Crippen molar-refractivity contribution in [1.82, 2.24) is 9.80 Å². The second-order valence-corrected chi connectivity index (χ2v) is 5.94. The average molecular weight is 294 g/mol. The van der Waals surface area contributed by atoms with Gasteiger partial charge in [-0.2, -0.15) is 0 Å². The molecule has 5 nitrogen and oxygen atoms in total. The number of amides is 1. The van der Waals surface area contributed by atoms with Gasteiger partial charge in [0.25, 0.3) is 5.91 Å². The monoisotopic (exact) mass is 294 g/mol. The van der Waals surface area contributed by atoms with Crippen LogP contribution >= 0.6 is 0 Å². The number of nitrogens with zero attached hydrogens (tertiary/aromatic N) is 2. The Balaban J connectivity index is 2.10. The second kappa shape index (κ2) is 6.62. The number of furan rings is 1. The SMILES string of the molecule is CCc1oc(C(=O)N2C[C@@H](C)N(CCO)[C@@H](C)C2)cc1C. The van der Waals surface area contributed by atoms with Gasteiger partial charge in [0, 0.05) is 38.1 Å². The van der Waals surface area contributed by atoms with Crippen molar-refractivity contribution in [2.24, 2.45) is 0 Å². The third-order valence-electron chi connectivity index (χ3n) is 4.30. The molecule has 1 N–H and O–H groups in total. The summed E-state index contributed by atoms with van der Waals surface area (Å²) < 4.78 is 5.68. The van der Waals surface area contributed by atoms with Gasteiger partial charge in [-0.3, -0.25) is 9.69 Å². The fourth-order valence-corrected chi connectivity index (χ4v) is 3.21. The summed E-state index contributed by atoms with van der Waals surface area (Å²) >= 11 is 0. The minimum Gasteiger partial charge on any atom is -0.456 e. The van der Waals surface area contributed by atoms with Gasteiger partial charge in [-0.15, -0.1) is 0 Å². The predicted octanol–water partition coefficient (Wildman–Crippen LogP) is 1.68. The van der Waals surface area contributed by atoms with E-state index in [2.05, 4.69) is 18.7 Å². The van der Waals surface area contributed by atoms with Gasteiger partial charge in [-0.25, -0.2) is 0 Å². The predicted molar refractivity (Wildman–Crippen MR) is 81.4 cm³/mol. The van der Waals surface area contributed by atoms with Crippen molar-refractivity contribution in [2.75, 3.05) is 26.2 Å². The summed E-state index contributed by atoms with van der Waals surface area (Å²) in [7, 11) is 0. The number of hydrogen-bond donors (Lipinski definition) is 1. The van der Waals surface area contributed by atoms with Crippen LogP contribution in [0.1, 0.15) is 42.6 Å². The van der Waals surface area contributed by atoms with Gasteiger partial charge in [-0.1, -0.05) is 6.92 Å². The normalized spacial score (nSPS) is 23.6. The Morgan fingerprint density at radius 3 is 2.48 bits per heavy atom. The van der Waals surface area contributed by atoms with Gasteiger partial charge in [0.05, 0.1) is 6.61 Å². The Kier molecular flexibility index (Phi) is 5.06. The molecular weight excluding hydrogens is 268 g/mol. The molecule has 1 aromatic rings. The Bertz CT molecular complexity index is 486. The molecule has 0 aromatic carbocycles. The van der Waals surface area contributed by atoms with Crippen LogP contribution in [0, 0.1) is 6.92 Å². The van der Waals surface area contributed by atoms with E-state index in [0.29, 0.717) is 25.4 Å². The molecule has 0 spiro atoms. The van der Waals surface area contributed by atoms with E-state index in [4.69, 9.17) is 9.52 Å². The standard InChI is InChI=1S/C16H26N2O3/c1-5-14-11(2)8-15(21-14)16(20)17-9-12(3)18(6-7-19)13(4)10-17/h8,12-13,19H,5-7,9-10H2,1-4H3/t12-,13+. The molecule has 0 bridgehead atoms. The molecule has 0 radical (unpaired) electrons. The molecule has 1 fully saturated rings. The van der Waals surface area contributed by atoms with Crippen molar-refractivity contribution >= 4 is 5.91 Å². The molecular formula is C16H26N2O3. The molecule has 2 rings (SSSR count). The number of aryl methyl sites for hydroxylation is 2. The van der Waals surface area contributed by atoms with E-state index in [1.54, 1.807) is 0 Å². The summed E-state index contributed by atoms with van der Waals surface area (Å²) in [4.78, 5) is 16.7. The molecule has 0 aliphatic carbocycles. The van der Waals surface area contributed by atoms with E-state index in [1.807, 2.05) is 24.8 Å². The van der Waals surface area contributed by atoms with Crippen molar-refractivity contribution in [2.45, 2.75) is 46.2 Å². The molecule has 2 atom stereocenters.